The lowest BCUT2D eigenvalue weighted by molar-refractivity contribution is 0.426. The smallest absolute Gasteiger partial charge is 0.423 e. The number of nitriles is 1. The first-order valence-corrected chi connectivity index (χ1v) is 8.66. The maximum Gasteiger partial charge on any atom is 0.489 e. The van der Waals surface area contributed by atoms with Gasteiger partial charge in [-0.25, -0.2) is 0 Å². The van der Waals surface area contributed by atoms with E-state index >= 15 is 0 Å². The summed E-state index contributed by atoms with van der Waals surface area (Å²) in [6, 6.07) is 29.3. The van der Waals surface area contributed by atoms with Gasteiger partial charge in [0.2, 0.25) is 0 Å². The second kappa shape index (κ2) is 7.09. The predicted molar refractivity (Wildman–Crippen MR) is 109 cm³/mol. The monoisotopic (exact) mass is 349 g/mol. The fourth-order valence-corrected chi connectivity index (χ4v) is 3.38. The SMILES string of the molecule is N#Cc1ccc(-c2ccc(-c3ccc(B(O)O)c4ccccc34)cc2)cc1. The summed E-state index contributed by atoms with van der Waals surface area (Å²) in [6.45, 7) is 0. The predicted octanol–water partition coefficient (Wildman–Crippen LogP) is 3.73. The van der Waals surface area contributed by atoms with E-state index in [1.165, 1.54) is 0 Å². The zero-order valence-electron chi connectivity index (χ0n) is 14.5. The molecule has 0 heterocycles. The van der Waals surface area contributed by atoms with Crippen LogP contribution in [-0.2, 0) is 0 Å². The van der Waals surface area contributed by atoms with Gasteiger partial charge in [-0.2, -0.15) is 5.26 Å². The highest BCUT2D eigenvalue weighted by Crippen LogP contribution is 2.30. The van der Waals surface area contributed by atoms with Crippen LogP contribution in [0.4, 0.5) is 0 Å². The minimum Gasteiger partial charge on any atom is -0.423 e. The van der Waals surface area contributed by atoms with Crippen LogP contribution in [-0.4, -0.2) is 17.2 Å². The topological polar surface area (TPSA) is 64.2 Å². The number of fused-ring (bicyclic) bond motifs is 1. The van der Waals surface area contributed by atoms with Gasteiger partial charge in [0, 0.05) is 0 Å². The lowest BCUT2D eigenvalue weighted by Crippen LogP contribution is -2.30. The van der Waals surface area contributed by atoms with Gasteiger partial charge in [-0.15, -0.1) is 0 Å². The highest BCUT2D eigenvalue weighted by atomic mass is 16.4. The quantitative estimate of drug-likeness (QED) is 0.554. The van der Waals surface area contributed by atoms with E-state index in [1.807, 2.05) is 54.6 Å². The molecular formula is C23H16BNO2. The molecule has 0 bridgehead atoms. The minimum atomic E-state index is -1.50. The van der Waals surface area contributed by atoms with Crippen LogP contribution in [0.5, 0.6) is 0 Å². The second-order valence-corrected chi connectivity index (χ2v) is 6.39. The van der Waals surface area contributed by atoms with E-state index in [0.717, 1.165) is 33.0 Å². The molecule has 4 heteroatoms. The summed E-state index contributed by atoms with van der Waals surface area (Å²) < 4.78 is 0. The van der Waals surface area contributed by atoms with Gasteiger partial charge >= 0.3 is 7.12 Å². The van der Waals surface area contributed by atoms with Gasteiger partial charge in [0.1, 0.15) is 0 Å². The van der Waals surface area contributed by atoms with Crippen molar-refractivity contribution < 1.29 is 10.0 Å². The second-order valence-electron chi connectivity index (χ2n) is 6.39. The summed E-state index contributed by atoms with van der Waals surface area (Å²) in [6.07, 6.45) is 0. The van der Waals surface area contributed by atoms with Crippen molar-refractivity contribution in [1.29, 1.82) is 5.26 Å². The van der Waals surface area contributed by atoms with Crippen molar-refractivity contribution in [3.63, 3.8) is 0 Å². The average Bonchev–Trinajstić information content (AvgIpc) is 2.73. The van der Waals surface area contributed by atoms with Crippen molar-refractivity contribution in [2.24, 2.45) is 0 Å². The average molecular weight is 349 g/mol. The standard InChI is InChI=1S/C23H16BNO2/c25-15-16-5-7-17(8-6-16)18-9-11-19(12-10-18)20-13-14-23(24(26)27)22-4-2-1-3-21(20)22/h1-14,26-27H. The van der Waals surface area contributed by atoms with E-state index in [9.17, 15) is 10.0 Å². The fraction of sp³-hybridized carbons (Fsp3) is 0. The van der Waals surface area contributed by atoms with Crippen LogP contribution < -0.4 is 5.46 Å². The molecule has 0 atom stereocenters. The Labute approximate surface area is 157 Å². The first kappa shape index (κ1) is 17.1. The van der Waals surface area contributed by atoms with Crippen molar-refractivity contribution in [2.45, 2.75) is 0 Å². The Morgan fingerprint density at radius 3 is 1.78 bits per heavy atom. The molecule has 0 amide bonds. The molecule has 128 valence electrons. The number of nitrogens with zero attached hydrogens (tertiary/aromatic N) is 1. The molecule has 0 aliphatic heterocycles. The van der Waals surface area contributed by atoms with E-state index in [-0.39, 0.29) is 0 Å². The molecule has 0 aromatic heterocycles. The summed E-state index contributed by atoms with van der Waals surface area (Å²) in [5, 5.41) is 30.0. The maximum atomic E-state index is 9.62. The third-order valence-electron chi connectivity index (χ3n) is 4.78. The van der Waals surface area contributed by atoms with Gasteiger partial charge in [-0.1, -0.05) is 72.8 Å². The summed E-state index contributed by atoms with van der Waals surface area (Å²) in [5.74, 6) is 0. The lowest BCUT2D eigenvalue weighted by atomic mass is 9.76. The Balaban J connectivity index is 1.76. The van der Waals surface area contributed by atoms with Gasteiger partial charge in [0.05, 0.1) is 11.6 Å². The molecule has 3 nitrogen and oxygen atoms in total. The van der Waals surface area contributed by atoms with Gasteiger partial charge in [0.25, 0.3) is 0 Å². The van der Waals surface area contributed by atoms with E-state index < -0.39 is 7.12 Å². The normalized spacial score (nSPS) is 10.6. The number of benzene rings is 4. The third kappa shape index (κ3) is 3.22. The number of hydrogen-bond donors (Lipinski definition) is 2. The molecule has 0 spiro atoms. The Bertz CT molecular complexity index is 1140. The first-order valence-electron chi connectivity index (χ1n) is 8.66. The minimum absolute atomic E-state index is 0.503. The van der Waals surface area contributed by atoms with Crippen LogP contribution in [0, 0.1) is 11.3 Å². The molecular weight excluding hydrogens is 333 g/mol. The fourth-order valence-electron chi connectivity index (χ4n) is 3.38. The highest BCUT2D eigenvalue weighted by molar-refractivity contribution is 6.62. The Hall–Kier alpha value is -3.39. The van der Waals surface area contributed by atoms with Crippen LogP contribution in [0.15, 0.2) is 84.9 Å². The molecule has 0 fully saturated rings. The molecule has 4 aromatic carbocycles. The van der Waals surface area contributed by atoms with Gasteiger partial charge in [0.15, 0.2) is 0 Å². The Morgan fingerprint density at radius 1 is 0.630 bits per heavy atom. The van der Waals surface area contributed by atoms with E-state index in [2.05, 4.69) is 30.3 Å². The molecule has 4 rings (SSSR count). The molecule has 2 N–H and O–H groups in total. The molecule has 0 aliphatic carbocycles. The molecule has 0 unspecified atom stereocenters. The maximum absolute atomic E-state index is 9.62. The number of hydrogen-bond acceptors (Lipinski definition) is 3. The lowest BCUT2D eigenvalue weighted by Gasteiger charge is -2.12. The summed E-state index contributed by atoms with van der Waals surface area (Å²) in [7, 11) is -1.50. The van der Waals surface area contributed by atoms with Crippen LogP contribution in [0.3, 0.4) is 0 Å². The zero-order valence-corrected chi connectivity index (χ0v) is 14.5. The Morgan fingerprint density at radius 2 is 1.19 bits per heavy atom. The molecule has 27 heavy (non-hydrogen) atoms. The molecule has 0 aliphatic rings. The van der Waals surface area contributed by atoms with Crippen molar-refractivity contribution in [3.05, 3.63) is 90.5 Å². The number of rotatable bonds is 3. The highest BCUT2D eigenvalue weighted by Gasteiger charge is 2.16. The van der Waals surface area contributed by atoms with Crippen molar-refractivity contribution >= 4 is 23.4 Å². The molecule has 0 saturated heterocycles. The van der Waals surface area contributed by atoms with Crippen molar-refractivity contribution in [2.75, 3.05) is 0 Å². The summed E-state index contributed by atoms with van der Waals surface area (Å²) >= 11 is 0. The van der Waals surface area contributed by atoms with E-state index in [1.54, 1.807) is 6.07 Å². The molecule has 0 saturated carbocycles. The van der Waals surface area contributed by atoms with Crippen molar-refractivity contribution in [1.82, 2.24) is 0 Å². The largest absolute Gasteiger partial charge is 0.489 e. The zero-order chi connectivity index (χ0) is 18.8. The molecule has 4 aromatic rings. The van der Waals surface area contributed by atoms with Crippen LogP contribution in [0.2, 0.25) is 0 Å². The van der Waals surface area contributed by atoms with Crippen LogP contribution in [0.25, 0.3) is 33.0 Å². The summed E-state index contributed by atoms with van der Waals surface area (Å²) in [4.78, 5) is 0. The van der Waals surface area contributed by atoms with Gasteiger partial charge in [-0.05, 0) is 50.6 Å². The first-order chi connectivity index (χ1) is 13.2. The van der Waals surface area contributed by atoms with E-state index in [0.29, 0.717) is 11.0 Å². The third-order valence-corrected chi connectivity index (χ3v) is 4.78. The molecule has 0 radical (unpaired) electrons. The van der Waals surface area contributed by atoms with Gasteiger partial charge in [-0.3, -0.25) is 0 Å². The Kier molecular flexibility index (Phi) is 4.47. The summed E-state index contributed by atoms with van der Waals surface area (Å²) in [5.41, 5.74) is 5.39. The van der Waals surface area contributed by atoms with Crippen LogP contribution in [0.1, 0.15) is 5.56 Å². The van der Waals surface area contributed by atoms with Crippen molar-refractivity contribution in [3.8, 4) is 28.3 Å². The van der Waals surface area contributed by atoms with Crippen LogP contribution >= 0.6 is 0 Å². The van der Waals surface area contributed by atoms with Gasteiger partial charge < -0.3 is 10.0 Å². The van der Waals surface area contributed by atoms with E-state index in [4.69, 9.17) is 5.26 Å².